The molecule has 1 aliphatic carbocycles. The number of alkyl carbamates (subject to hydrolysis) is 2. The average molecular weight is 1110 g/mol. The number of H-pyrrole nitrogens is 2. The van der Waals surface area contributed by atoms with Gasteiger partial charge < -0.3 is 49.3 Å². The lowest BCUT2D eigenvalue weighted by atomic mass is 9.85. The second-order valence-electron chi connectivity index (χ2n) is 21.0. The standard InChI is InChI=1S/C55H65N9O8S.3H2S/c1-28(2)47(60-54(67)69-6)51(65)62-18-8-10-40(62)50-57-27-38(59-50)34-20-29(3)46-42-24-35-23-33(14-15-39(35)64(42)53(72-43(46)25-34)45-17-16-44(73-45)32-12-13-32)37-26-56-49(58-37)41-11-9-19-63(41)52(66)48(61-55(68)70-7)36-21-30(4)71-31(5)22-36;;;/h14-17,20,23-28,30-32,36,40-41,47-48,53H,8-13,18-19,21-22H2,1-7H3,(H,56,58)(H,57,59)(H,60,67)(H,61,68);3*1H2/t30-,31+,36?,40-,41-,47-,48-,53?;;;/m0.../s1. The molecule has 408 valence electrons. The first kappa shape index (κ1) is 56.6. The van der Waals surface area contributed by atoms with E-state index in [4.69, 9.17) is 28.9 Å². The molecule has 5 aliphatic rings. The van der Waals surface area contributed by atoms with Gasteiger partial charge in [-0.15, -0.1) is 11.3 Å². The maximum Gasteiger partial charge on any atom is 0.407 e. The third kappa shape index (κ3) is 10.8. The fourth-order valence-corrected chi connectivity index (χ4v) is 13.1. The SMILES string of the molecule is COC(=O)N[C@H](C(=O)N1CCC[C@H]1c1ncc(-c2cc(C)c3c(c2)OC(c2ccc(C4CC4)s2)n2c-3cc3cc(-c4cnc([C@@H]5CCCN5C(=O)[C@@H](NC(=O)OC)C5C[C@@H](C)O[C@@H](C)C5)[nH]4)ccc32)[nH]1)C(C)C.S.S.S. The van der Waals surface area contributed by atoms with Crippen molar-refractivity contribution in [2.75, 3.05) is 27.3 Å². The van der Waals surface area contributed by atoms with Crippen molar-refractivity contribution in [3.8, 4) is 39.5 Å². The van der Waals surface area contributed by atoms with Gasteiger partial charge in [0, 0.05) is 40.0 Å². The van der Waals surface area contributed by atoms with Gasteiger partial charge >= 0.3 is 12.2 Å². The molecule has 76 heavy (non-hydrogen) atoms. The van der Waals surface area contributed by atoms with E-state index in [1.54, 1.807) is 0 Å². The van der Waals surface area contributed by atoms with E-state index in [1.807, 2.05) is 61.2 Å². The van der Waals surface area contributed by atoms with Gasteiger partial charge in [0.1, 0.15) is 29.5 Å². The maximum absolute atomic E-state index is 14.5. The highest BCUT2D eigenvalue weighted by Gasteiger charge is 2.43. The number of aromatic amines is 2. The zero-order valence-electron chi connectivity index (χ0n) is 44.0. The number of aromatic nitrogens is 5. The summed E-state index contributed by atoms with van der Waals surface area (Å²) >= 11 is 1.83. The van der Waals surface area contributed by atoms with Gasteiger partial charge in [-0.1, -0.05) is 19.9 Å². The number of aryl methyl sites for hydroxylation is 1. The molecule has 4 aromatic heterocycles. The van der Waals surface area contributed by atoms with Crippen molar-refractivity contribution in [2.24, 2.45) is 11.8 Å². The van der Waals surface area contributed by atoms with Crippen LogP contribution in [0.2, 0.25) is 0 Å². The highest BCUT2D eigenvalue weighted by atomic mass is 32.1. The number of fused-ring (bicyclic) bond motifs is 5. The fraction of sp³-hybridized carbons (Fsp3) is 0.491. The monoisotopic (exact) mass is 1110 g/mol. The quantitative estimate of drug-likeness (QED) is 0.0915. The first-order chi connectivity index (χ1) is 35.3. The molecular formula is C55H71N9O8S4. The van der Waals surface area contributed by atoms with Gasteiger partial charge in [-0.2, -0.15) is 40.5 Å². The molecule has 4 fully saturated rings. The number of benzene rings is 2. The highest BCUT2D eigenvalue weighted by molar-refractivity contribution is 7.59. The van der Waals surface area contributed by atoms with E-state index >= 15 is 0 Å². The number of ether oxygens (including phenoxy) is 4. The number of carbonyl (C=O) groups is 4. The Kier molecular flexibility index (Phi) is 17.2. The molecule has 0 radical (unpaired) electrons. The molecule has 11 rings (SSSR count). The van der Waals surface area contributed by atoms with Crippen molar-refractivity contribution in [1.82, 2.24) is 44.9 Å². The molecule has 21 heteroatoms. The molecule has 17 nitrogen and oxygen atoms in total. The minimum atomic E-state index is -0.741. The van der Waals surface area contributed by atoms with Crippen LogP contribution in [0.15, 0.2) is 60.9 Å². The average Bonchev–Trinajstić information content (AvgIpc) is 4.12. The number of rotatable bonds is 12. The molecule has 1 saturated carbocycles. The van der Waals surface area contributed by atoms with E-state index in [0.29, 0.717) is 43.5 Å². The molecule has 2 unspecified atom stereocenters. The van der Waals surface area contributed by atoms with Gasteiger partial charge in [0.15, 0.2) is 0 Å². The maximum atomic E-state index is 14.5. The van der Waals surface area contributed by atoms with Gasteiger partial charge in [0.2, 0.25) is 18.0 Å². The summed E-state index contributed by atoms with van der Waals surface area (Å²) in [6, 6.07) is 15.5. The number of likely N-dealkylation sites (tertiary alicyclic amines) is 2. The van der Waals surface area contributed by atoms with Crippen LogP contribution in [0.5, 0.6) is 5.75 Å². The number of nitrogens with one attached hydrogen (secondary N) is 4. The predicted octanol–water partition coefficient (Wildman–Crippen LogP) is 10.2. The number of thiophene rings is 1. The molecule has 6 aromatic rings. The van der Waals surface area contributed by atoms with Crippen LogP contribution in [0, 0.1) is 18.8 Å². The normalized spacial score (nSPS) is 22.5. The van der Waals surface area contributed by atoms with E-state index < -0.39 is 30.5 Å². The van der Waals surface area contributed by atoms with Gasteiger partial charge in [-0.25, -0.2) is 19.6 Å². The molecule has 8 heterocycles. The van der Waals surface area contributed by atoms with Gasteiger partial charge in [-0.3, -0.25) is 14.2 Å². The van der Waals surface area contributed by atoms with Crippen molar-refractivity contribution >= 4 is 86.7 Å². The third-order valence-corrected chi connectivity index (χ3v) is 16.9. The van der Waals surface area contributed by atoms with Crippen LogP contribution in [0.25, 0.3) is 44.7 Å². The molecule has 4 amide bonds. The molecule has 3 saturated heterocycles. The highest BCUT2D eigenvalue weighted by Crippen LogP contribution is 2.51. The number of carbonyl (C=O) groups excluding carboxylic acids is 4. The predicted molar refractivity (Wildman–Crippen MR) is 307 cm³/mol. The van der Waals surface area contributed by atoms with Crippen molar-refractivity contribution in [2.45, 2.75) is 135 Å². The van der Waals surface area contributed by atoms with Crippen molar-refractivity contribution in [3.63, 3.8) is 0 Å². The summed E-state index contributed by atoms with van der Waals surface area (Å²) in [7, 11) is 2.62. The summed E-state index contributed by atoms with van der Waals surface area (Å²) in [6.07, 6.45) is 8.85. The lowest BCUT2D eigenvalue weighted by Gasteiger charge is -2.38. The Balaban J connectivity index is 0.00000255. The van der Waals surface area contributed by atoms with Crippen molar-refractivity contribution < 1.29 is 38.1 Å². The summed E-state index contributed by atoms with van der Waals surface area (Å²) < 4.78 is 25.3. The van der Waals surface area contributed by atoms with Gasteiger partial charge in [-0.05, 0) is 138 Å². The fourth-order valence-electron chi connectivity index (χ4n) is 11.9. The van der Waals surface area contributed by atoms with Crippen molar-refractivity contribution in [1.29, 1.82) is 0 Å². The summed E-state index contributed by atoms with van der Waals surface area (Å²) in [6.45, 7) is 11.1. The Hall–Kier alpha value is -5.61. The number of hydrogen-bond acceptors (Lipinski definition) is 11. The topological polar surface area (TPSA) is 198 Å². The Labute approximate surface area is 468 Å². The third-order valence-electron chi connectivity index (χ3n) is 15.6. The van der Waals surface area contributed by atoms with E-state index in [2.05, 4.69) is 80.6 Å². The van der Waals surface area contributed by atoms with Crippen LogP contribution in [0.1, 0.15) is 130 Å². The van der Waals surface area contributed by atoms with Crippen LogP contribution < -0.4 is 15.4 Å². The number of imidazole rings is 2. The Bertz CT molecular complexity index is 3080. The lowest BCUT2D eigenvalue weighted by molar-refractivity contribution is -0.138. The summed E-state index contributed by atoms with van der Waals surface area (Å²) in [5.41, 5.74) is 7.72. The molecule has 4 N–H and O–H groups in total. The smallest absolute Gasteiger partial charge is 0.407 e. The number of amides is 4. The van der Waals surface area contributed by atoms with Crippen LogP contribution >= 0.6 is 51.8 Å². The molecule has 8 atom stereocenters. The Morgan fingerprint density at radius 2 is 1.36 bits per heavy atom. The van der Waals surface area contributed by atoms with Gasteiger partial charge in [0.05, 0.1) is 78.4 Å². The summed E-state index contributed by atoms with van der Waals surface area (Å²) in [5.74, 6) is 2.30. The largest absolute Gasteiger partial charge is 0.464 e. The first-order valence-corrected chi connectivity index (χ1v) is 26.7. The van der Waals surface area contributed by atoms with E-state index in [1.165, 1.54) is 31.9 Å². The van der Waals surface area contributed by atoms with E-state index in [9.17, 15) is 19.2 Å². The van der Waals surface area contributed by atoms with Crippen LogP contribution in [-0.4, -0.2) is 110 Å². The van der Waals surface area contributed by atoms with E-state index in [-0.39, 0.29) is 88.4 Å². The minimum Gasteiger partial charge on any atom is -0.464 e. The van der Waals surface area contributed by atoms with Crippen LogP contribution in [-0.2, 0) is 23.8 Å². The first-order valence-electron chi connectivity index (χ1n) is 25.9. The van der Waals surface area contributed by atoms with Crippen LogP contribution in [0.4, 0.5) is 9.59 Å². The van der Waals surface area contributed by atoms with Gasteiger partial charge in [0.25, 0.3) is 0 Å². The lowest BCUT2D eigenvalue weighted by Crippen LogP contribution is -2.54. The molecule has 4 aliphatic heterocycles. The second kappa shape index (κ2) is 23.2. The molecule has 2 aromatic carbocycles. The zero-order chi connectivity index (χ0) is 50.8. The summed E-state index contributed by atoms with van der Waals surface area (Å²) in [4.78, 5) is 76.3. The summed E-state index contributed by atoms with van der Waals surface area (Å²) in [5, 5.41) is 6.68. The van der Waals surface area contributed by atoms with E-state index in [0.717, 1.165) is 86.5 Å². The molecule has 0 bridgehead atoms. The number of nitrogens with zero attached hydrogens (tertiary/aromatic N) is 5. The Morgan fingerprint density at radius 3 is 1.97 bits per heavy atom. The Morgan fingerprint density at radius 1 is 0.750 bits per heavy atom. The molecule has 0 spiro atoms. The second-order valence-corrected chi connectivity index (χ2v) is 22.2. The van der Waals surface area contributed by atoms with Crippen LogP contribution in [0.3, 0.4) is 0 Å². The molecular weight excluding hydrogens is 1040 g/mol. The zero-order valence-corrected chi connectivity index (χ0v) is 47.8. The minimum absolute atomic E-state index is 0. The number of hydrogen-bond donors (Lipinski definition) is 4. The number of methoxy groups -OCH3 is 2. The van der Waals surface area contributed by atoms with Crippen molar-refractivity contribution in [3.05, 3.63) is 87.9 Å².